The van der Waals surface area contributed by atoms with Crippen LogP contribution in [0.5, 0.6) is 0 Å². The largest absolute Gasteiger partial charge is 0.369 e. The summed E-state index contributed by atoms with van der Waals surface area (Å²) >= 11 is 0. The molecule has 0 saturated carbocycles. The van der Waals surface area contributed by atoms with Gasteiger partial charge in [-0.05, 0) is 65.8 Å². The van der Waals surface area contributed by atoms with Crippen LogP contribution in [-0.4, -0.2) is 47.5 Å². The average Bonchev–Trinajstić information content (AvgIpc) is 3.08. The third-order valence-corrected chi connectivity index (χ3v) is 9.19. The molecule has 45 heavy (non-hydrogen) atoms. The minimum absolute atomic E-state index is 0.0518. The van der Waals surface area contributed by atoms with Crippen LogP contribution in [0.15, 0.2) is 114 Å². The van der Waals surface area contributed by atoms with Gasteiger partial charge in [-0.1, -0.05) is 72.8 Å². The summed E-state index contributed by atoms with van der Waals surface area (Å²) in [5.41, 5.74) is 6.56. The molecule has 1 aromatic heterocycles. The Kier molecular flexibility index (Phi) is 7.91. The Balaban J connectivity index is 1.16. The molecule has 4 aromatic rings. The van der Waals surface area contributed by atoms with Crippen LogP contribution in [0.1, 0.15) is 45.9 Å². The molecular formula is C38H36N4O3. The second kappa shape index (κ2) is 12.4. The SMILES string of the molecule is O=C(C=Cc1ccccc1)Nc1cc(C(=O)N2CC=C(c3ccccc3)CC2)ccc1N1CC2CC(C1)c1cccc(=O)n1C2. The van der Waals surface area contributed by atoms with Crippen molar-refractivity contribution < 1.29 is 9.59 Å². The normalized spacial score (nSPS) is 19.2. The first kappa shape index (κ1) is 28.6. The molecule has 0 spiro atoms. The van der Waals surface area contributed by atoms with E-state index in [2.05, 4.69) is 34.5 Å². The molecule has 2 unspecified atom stereocenters. The minimum atomic E-state index is -0.257. The van der Waals surface area contributed by atoms with Crippen LogP contribution in [0.4, 0.5) is 11.4 Å². The number of piperidine rings is 1. The Hall–Kier alpha value is -5.17. The van der Waals surface area contributed by atoms with E-state index in [0.717, 1.165) is 42.9 Å². The molecule has 7 rings (SSSR count). The summed E-state index contributed by atoms with van der Waals surface area (Å²) in [5, 5.41) is 3.09. The Morgan fingerprint density at radius 2 is 1.64 bits per heavy atom. The highest BCUT2D eigenvalue weighted by Gasteiger charge is 2.35. The van der Waals surface area contributed by atoms with E-state index in [1.54, 1.807) is 12.1 Å². The smallest absolute Gasteiger partial charge is 0.254 e. The standard InChI is InChI=1S/C38H36N4O3/c43-36(17-14-27-8-3-1-4-9-27)39-33-23-31(38(45)40-20-18-30(19-21-40)29-10-5-2-6-11-29)15-16-35(33)41-24-28-22-32(26-41)34-12-7-13-37(44)42(34)25-28/h1-18,23,28,32H,19-22,24-26H2,(H,39,43). The van der Waals surface area contributed by atoms with Gasteiger partial charge in [-0.3, -0.25) is 14.4 Å². The van der Waals surface area contributed by atoms with E-state index in [0.29, 0.717) is 36.8 Å². The fourth-order valence-electron chi connectivity index (χ4n) is 7.00. The van der Waals surface area contributed by atoms with Gasteiger partial charge in [0.2, 0.25) is 5.91 Å². The van der Waals surface area contributed by atoms with Crippen LogP contribution >= 0.6 is 0 Å². The van der Waals surface area contributed by atoms with E-state index in [-0.39, 0.29) is 23.3 Å². The summed E-state index contributed by atoms with van der Waals surface area (Å²) in [4.78, 5) is 43.7. The van der Waals surface area contributed by atoms with Crippen molar-refractivity contribution in [1.82, 2.24) is 9.47 Å². The van der Waals surface area contributed by atoms with Gasteiger partial charge in [-0.2, -0.15) is 0 Å². The van der Waals surface area contributed by atoms with Gasteiger partial charge in [0, 0.05) is 62.0 Å². The lowest BCUT2D eigenvalue weighted by molar-refractivity contribution is -0.111. The van der Waals surface area contributed by atoms with Gasteiger partial charge in [0.1, 0.15) is 0 Å². The zero-order chi connectivity index (χ0) is 30.8. The molecular weight excluding hydrogens is 560 g/mol. The maximum Gasteiger partial charge on any atom is 0.254 e. The van der Waals surface area contributed by atoms with Crippen molar-refractivity contribution in [3.05, 3.63) is 142 Å². The van der Waals surface area contributed by atoms with Gasteiger partial charge in [0.15, 0.2) is 0 Å². The molecule has 7 heteroatoms. The second-order valence-corrected chi connectivity index (χ2v) is 12.2. The molecule has 0 radical (unpaired) electrons. The number of aromatic nitrogens is 1. The summed E-state index contributed by atoms with van der Waals surface area (Å²) in [6.45, 7) is 3.37. The average molecular weight is 597 g/mol. The van der Waals surface area contributed by atoms with E-state index in [4.69, 9.17) is 0 Å². The number of benzene rings is 3. The van der Waals surface area contributed by atoms with Crippen molar-refractivity contribution in [3.63, 3.8) is 0 Å². The van der Waals surface area contributed by atoms with E-state index >= 15 is 0 Å². The molecule has 1 N–H and O–H groups in total. The van der Waals surface area contributed by atoms with Crippen LogP contribution < -0.4 is 15.8 Å². The molecule has 2 atom stereocenters. The van der Waals surface area contributed by atoms with Gasteiger partial charge in [0.25, 0.3) is 11.5 Å². The molecule has 7 nitrogen and oxygen atoms in total. The predicted octanol–water partition coefficient (Wildman–Crippen LogP) is 6.05. The van der Waals surface area contributed by atoms with Crippen molar-refractivity contribution >= 4 is 34.8 Å². The van der Waals surface area contributed by atoms with Crippen molar-refractivity contribution in [3.8, 4) is 0 Å². The molecule has 3 aromatic carbocycles. The number of fused-ring (bicyclic) bond motifs is 4. The van der Waals surface area contributed by atoms with Crippen molar-refractivity contribution in [2.24, 2.45) is 5.92 Å². The molecule has 4 heterocycles. The van der Waals surface area contributed by atoms with Crippen molar-refractivity contribution in [2.45, 2.75) is 25.3 Å². The van der Waals surface area contributed by atoms with Crippen LogP contribution in [0.25, 0.3) is 11.6 Å². The molecule has 0 aliphatic carbocycles. The molecule has 2 amide bonds. The topological polar surface area (TPSA) is 74.7 Å². The first-order chi connectivity index (χ1) is 22.0. The maximum absolute atomic E-state index is 13.7. The number of amides is 2. The molecule has 2 bridgehead atoms. The zero-order valence-electron chi connectivity index (χ0n) is 25.1. The van der Waals surface area contributed by atoms with E-state index < -0.39 is 0 Å². The lowest BCUT2D eigenvalue weighted by Gasteiger charge is -2.44. The summed E-state index contributed by atoms with van der Waals surface area (Å²) in [6.07, 6.45) is 7.28. The number of carbonyl (C=O) groups is 2. The number of anilines is 2. The Morgan fingerprint density at radius 1 is 0.844 bits per heavy atom. The van der Waals surface area contributed by atoms with Gasteiger partial charge >= 0.3 is 0 Å². The van der Waals surface area contributed by atoms with Crippen molar-refractivity contribution in [1.29, 1.82) is 0 Å². The molecule has 226 valence electrons. The van der Waals surface area contributed by atoms with Gasteiger partial charge < -0.3 is 19.7 Å². The molecule has 1 saturated heterocycles. The van der Waals surface area contributed by atoms with Gasteiger partial charge in [0.05, 0.1) is 11.4 Å². The van der Waals surface area contributed by atoms with E-state index in [1.807, 2.05) is 82.3 Å². The summed E-state index contributed by atoms with van der Waals surface area (Å²) in [6, 6.07) is 31.2. The maximum atomic E-state index is 13.7. The van der Waals surface area contributed by atoms with Crippen LogP contribution in [0, 0.1) is 5.92 Å². The first-order valence-electron chi connectivity index (χ1n) is 15.7. The van der Waals surface area contributed by atoms with Crippen LogP contribution in [0.3, 0.4) is 0 Å². The number of pyridine rings is 1. The van der Waals surface area contributed by atoms with Crippen LogP contribution in [0.2, 0.25) is 0 Å². The Labute approximate surface area is 263 Å². The number of carbonyl (C=O) groups excluding carboxylic acids is 2. The van der Waals surface area contributed by atoms with Crippen LogP contribution in [-0.2, 0) is 11.3 Å². The van der Waals surface area contributed by atoms with E-state index in [9.17, 15) is 14.4 Å². The number of nitrogens with zero attached hydrogens (tertiary/aromatic N) is 3. The Bertz CT molecular complexity index is 1840. The summed E-state index contributed by atoms with van der Waals surface area (Å²) in [7, 11) is 0. The second-order valence-electron chi connectivity index (χ2n) is 12.2. The molecule has 3 aliphatic rings. The van der Waals surface area contributed by atoms with Crippen molar-refractivity contribution in [2.75, 3.05) is 36.4 Å². The lowest BCUT2D eigenvalue weighted by atomic mass is 9.83. The quantitative estimate of drug-likeness (QED) is 0.275. The highest BCUT2D eigenvalue weighted by molar-refractivity contribution is 6.05. The Morgan fingerprint density at radius 3 is 2.42 bits per heavy atom. The predicted molar refractivity (Wildman–Crippen MR) is 179 cm³/mol. The minimum Gasteiger partial charge on any atom is -0.369 e. The third kappa shape index (κ3) is 6.11. The molecule has 3 aliphatic heterocycles. The highest BCUT2D eigenvalue weighted by atomic mass is 16.2. The lowest BCUT2D eigenvalue weighted by Crippen LogP contribution is -2.47. The fraction of sp³-hybridized carbons (Fsp3) is 0.237. The fourth-order valence-corrected chi connectivity index (χ4v) is 7.00. The monoisotopic (exact) mass is 596 g/mol. The number of hydrogen-bond acceptors (Lipinski definition) is 4. The zero-order valence-corrected chi connectivity index (χ0v) is 25.1. The number of hydrogen-bond donors (Lipinski definition) is 1. The highest BCUT2D eigenvalue weighted by Crippen LogP contribution is 2.39. The van der Waals surface area contributed by atoms with Gasteiger partial charge in [-0.15, -0.1) is 0 Å². The summed E-state index contributed by atoms with van der Waals surface area (Å²) < 4.78 is 1.92. The first-order valence-corrected chi connectivity index (χ1v) is 15.7. The summed E-state index contributed by atoms with van der Waals surface area (Å²) in [5.74, 6) is 0.225. The van der Waals surface area contributed by atoms with E-state index in [1.165, 1.54) is 17.2 Å². The number of rotatable bonds is 6. The van der Waals surface area contributed by atoms with Gasteiger partial charge in [-0.25, -0.2) is 0 Å². The number of nitrogens with one attached hydrogen (secondary N) is 1. The molecule has 1 fully saturated rings. The third-order valence-electron chi connectivity index (χ3n) is 9.19.